The molecule has 1 aromatic heterocycles. The molecule has 0 spiro atoms. The van der Waals surface area contributed by atoms with Crippen LogP contribution in [-0.2, 0) is 0 Å². The Morgan fingerprint density at radius 1 is 1.00 bits per heavy atom. The van der Waals surface area contributed by atoms with Crippen molar-refractivity contribution >= 4 is 0 Å². The minimum Gasteiger partial charge on any atom is -0.507 e. The summed E-state index contributed by atoms with van der Waals surface area (Å²) in [7, 11) is 0. The SMILES string of the molecule is Cc1ccc(-c2c(O)c(C)c(-c3ccc(F)cc3)oc2=O)c(C)c1. The average Bonchev–Trinajstić information content (AvgIpc) is 2.54. The van der Waals surface area contributed by atoms with Crippen LogP contribution in [0.5, 0.6) is 5.75 Å². The van der Waals surface area contributed by atoms with Crippen molar-refractivity contribution in [2.75, 3.05) is 0 Å². The lowest BCUT2D eigenvalue weighted by Gasteiger charge is -2.12. The topological polar surface area (TPSA) is 50.4 Å². The Bertz CT molecular complexity index is 969. The Hall–Kier alpha value is -2.88. The Kier molecular flexibility index (Phi) is 3.97. The van der Waals surface area contributed by atoms with Crippen LogP contribution in [0.4, 0.5) is 4.39 Å². The molecule has 0 fully saturated rings. The predicted octanol–water partition coefficient (Wildman–Crippen LogP) is 4.74. The third-order valence-electron chi connectivity index (χ3n) is 4.09. The van der Waals surface area contributed by atoms with Gasteiger partial charge in [-0.25, -0.2) is 9.18 Å². The summed E-state index contributed by atoms with van der Waals surface area (Å²) in [4.78, 5) is 12.5. The fraction of sp³-hybridized carbons (Fsp3) is 0.150. The summed E-state index contributed by atoms with van der Waals surface area (Å²) in [6, 6.07) is 11.2. The van der Waals surface area contributed by atoms with Crippen LogP contribution in [-0.4, -0.2) is 5.11 Å². The van der Waals surface area contributed by atoms with Gasteiger partial charge in [-0.15, -0.1) is 0 Å². The smallest absolute Gasteiger partial charge is 0.347 e. The first-order chi connectivity index (χ1) is 11.4. The lowest BCUT2D eigenvalue weighted by Crippen LogP contribution is -2.07. The van der Waals surface area contributed by atoms with E-state index in [0.717, 1.165) is 11.1 Å². The second kappa shape index (κ2) is 5.96. The number of halogens is 1. The highest BCUT2D eigenvalue weighted by molar-refractivity contribution is 5.77. The molecule has 0 unspecified atom stereocenters. The molecule has 3 aromatic rings. The Balaban J connectivity index is 2.23. The van der Waals surface area contributed by atoms with Crippen LogP contribution in [0.1, 0.15) is 16.7 Å². The van der Waals surface area contributed by atoms with Gasteiger partial charge in [0.15, 0.2) is 0 Å². The molecule has 0 atom stereocenters. The second-order valence-electron chi connectivity index (χ2n) is 5.89. The quantitative estimate of drug-likeness (QED) is 0.740. The van der Waals surface area contributed by atoms with Gasteiger partial charge in [0.05, 0.1) is 0 Å². The number of hydrogen-bond donors (Lipinski definition) is 1. The predicted molar refractivity (Wildman–Crippen MR) is 91.7 cm³/mol. The highest BCUT2D eigenvalue weighted by Crippen LogP contribution is 2.36. The van der Waals surface area contributed by atoms with Crippen molar-refractivity contribution < 1.29 is 13.9 Å². The zero-order valence-corrected chi connectivity index (χ0v) is 13.7. The van der Waals surface area contributed by atoms with E-state index in [-0.39, 0.29) is 22.9 Å². The van der Waals surface area contributed by atoms with Gasteiger partial charge in [-0.2, -0.15) is 0 Å². The Morgan fingerprint density at radius 2 is 1.67 bits per heavy atom. The van der Waals surface area contributed by atoms with Gasteiger partial charge in [-0.3, -0.25) is 0 Å². The molecule has 1 heterocycles. The minimum absolute atomic E-state index is 0.113. The van der Waals surface area contributed by atoms with E-state index in [4.69, 9.17) is 4.42 Å². The molecule has 3 nitrogen and oxygen atoms in total. The number of rotatable bonds is 2. The van der Waals surface area contributed by atoms with Gasteiger partial charge in [-0.1, -0.05) is 23.8 Å². The summed E-state index contributed by atoms with van der Waals surface area (Å²) >= 11 is 0. The van der Waals surface area contributed by atoms with Gasteiger partial charge >= 0.3 is 5.63 Å². The van der Waals surface area contributed by atoms with Crippen molar-refractivity contribution in [2.45, 2.75) is 20.8 Å². The normalized spacial score (nSPS) is 10.8. The molecule has 122 valence electrons. The van der Waals surface area contributed by atoms with E-state index in [1.54, 1.807) is 13.0 Å². The molecule has 0 radical (unpaired) electrons. The average molecular weight is 324 g/mol. The zero-order valence-electron chi connectivity index (χ0n) is 13.7. The molecule has 0 aliphatic carbocycles. The molecule has 0 saturated carbocycles. The largest absolute Gasteiger partial charge is 0.507 e. The van der Waals surface area contributed by atoms with Gasteiger partial charge in [0, 0.05) is 11.1 Å². The Morgan fingerprint density at radius 3 is 2.29 bits per heavy atom. The maximum atomic E-state index is 13.1. The summed E-state index contributed by atoms with van der Waals surface area (Å²) in [5, 5.41) is 10.6. The van der Waals surface area contributed by atoms with E-state index in [1.165, 1.54) is 24.3 Å². The molecule has 3 rings (SSSR count). The monoisotopic (exact) mass is 324 g/mol. The molecular weight excluding hydrogens is 307 g/mol. The number of aryl methyl sites for hydroxylation is 2. The van der Waals surface area contributed by atoms with Crippen LogP contribution >= 0.6 is 0 Å². The Labute approximate surface area is 139 Å². The van der Waals surface area contributed by atoms with Crippen molar-refractivity contribution in [1.82, 2.24) is 0 Å². The first-order valence-electron chi connectivity index (χ1n) is 7.58. The number of benzene rings is 2. The van der Waals surface area contributed by atoms with E-state index in [2.05, 4.69) is 0 Å². The van der Waals surface area contributed by atoms with Gasteiger partial charge in [-0.05, 0) is 56.2 Å². The molecule has 24 heavy (non-hydrogen) atoms. The van der Waals surface area contributed by atoms with E-state index >= 15 is 0 Å². The molecule has 0 saturated heterocycles. The van der Waals surface area contributed by atoms with Crippen LogP contribution in [0, 0.1) is 26.6 Å². The van der Waals surface area contributed by atoms with Crippen LogP contribution in [0.25, 0.3) is 22.5 Å². The molecule has 4 heteroatoms. The van der Waals surface area contributed by atoms with Gasteiger partial charge in [0.1, 0.15) is 22.9 Å². The molecule has 0 aliphatic heterocycles. The molecule has 0 aliphatic rings. The molecule has 0 amide bonds. The van der Waals surface area contributed by atoms with E-state index in [1.807, 2.05) is 26.0 Å². The summed E-state index contributed by atoms with van der Waals surface area (Å²) in [5.41, 5.74) is 3.09. The third kappa shape index (κ3) is 2.71. The maximum Gasteiger partial charge on any atom is 0.347 e. The van der Waals surface area contributed by atoms with Crippen molar-refractivity contribution in [3.05, 3.63) is 75.4 Å². The standard InChI is InChI=1S/C20H17FO3/c1-11-4-9-16(12(2)10-11)17-18(22)13(3)19(24-20(17)23)14-5-7-15(21)8-6-14/h4-10,22H,1-3H3. The fourth-order valence-electron chi connectivity index (χ4n) is 2.82. The van der Waals surface area contributed by atoms with Crippen molar-refractivity contribution in [1.29, 1.82) is 0 Å². The maximum absolute atomic E-state index is 13.1. The lowest BCUT2D eigenvalue weighted by molar-refractivity contribution is 0.450. The fourth-order valence-corrected chi connectivity index (χ4v) is 2.82. The number of aromatic hydroxyl groups is 1. The third-order valence-corrected chi connectivity index (χ3v) is 4.09. The highest BCUT2D eigenvalue weighted by Gasteiger charge is 2.20. The van der Waals surface area contributed by atoms with Crippen LogP contribution in [0.15, 0.2) is 51.7 Å². The second-order valence-corrected chi connectivity index (χ2v) is 5.89. The first-order valence-corrected chi connectivity index (χ1v) is 7.58. The van der Waals surface area contributed by atoms with E-state index in [9.17, 15) is 14.3 Å². The van der Waals surface area contributed by atoms with Gasteiger partial charge in [0.2, 0.25) is 0 Å². The molecule has 2 aromatic carbocycles. The summed E-state index contributed by atoms with van der Waals surface area (Å²) in [6.45, 7) is 5.51. The molecular formula is C20H17FO3. The zero-order chi connectivity index (χ0) is 17.4. The molecule has 1 N–H and O–H groups in total. The van der Waals surface area contributed by atoms with Crippen LogP contribution < -0.4 is 5.63 Å². The van der Waals surface area contributed by atoms with E-state index in [0.29, 0.717) is 16.7 Å². The van der Waals surface area contributed by atoms with E-state index < -0.39 is 5.63 Å². The number of hydrogen-bond acceptors (Lipinski definition) is 3. The van der Waals surface area contributed by atoms with Gasteiger partial charge in [0.25, 0.3) is 0 Å². The summed E-state index contributed by atoms with van der Waals surface area (Å²) < 4.78 is 18.5. The van der Waals surface area contributed by atoms with Gasteiger partial charge < -0.3 is 9.52 Å². The first kappa shape index (κ1) is 16.0. The van der Waals surface area contributed by atoms with Crippen LogP contribution in [0.2, 0.25) is 0 Å². The van der Waals surface area contributed by atoms with Crippen molar-refractivity contribution in [3.8, 4) is 28.2 Å². The minimum atomic E-state index is -0.621. The molecule has 0 bridgehead atoms. The highest BCUT2D eigenvalue weighted by atomic mass is 19.1. The lowest BCUT2D eigenvalue weighted by atomic mass is 9.97. The van der Waals surface area contributed by atoms with Crippen LogP contribution in [0.3, 0.4) is 0 Å². The summed E-state index contributed by atoms with van der Waals surface area (Å²) in [5.74, 6) is -0.251. The van der Waals surface area contributed by atoms with Crippen molar-refractivity contribution in [3.63, 3.8) is 0 Å². The van der Waals surface area contributed by atoms with Crippen molar-refractivity contribution in [2.24, 2.45) is 0 Å². The summed E-state index contributed by atoms with van der Waals surface area (Å²) in [6.07, 6.45) is 0.